The average molecular weight is 509 g/mol. The number of benzene rings is 2. The summed E-state index contributed by atoms with van der Waals surface area (Å²) < 4.78 is 6.60. The number of aromatic hydroxyl groups is 1. The van der Waals surface area contributed by atoms with Crippen molar-refractivity contribution >= 4 is 40.3 Å². The van der Waals surface area contributed by atoms with Crippen LogP contribution < -0.4 is 5.32 Å². The normalized spacial score (nSPS) is 13.1. The summed E-state index contributed by atoms with van der Waals surface area (Å²) in [5, 5.41) is 21.7. The molecule has 0 spiro atoms. The lowest BCUT2D eigenvalue weighted by Gasteiger charge is -2.25. The zero-order chi connectivity index (χ0) is 21.4. The van der Waals surface area contributed by atoms with E-state index >= 15 is 0 Å². The average Bonchev–Trinajstić information content (AvgIpc) is 2.67. The summed E-state index contributed by atoms with van der Waals surface area (Å²) in [6.45, 7) is 3.86. The summed E-state index contributed by atoms with van der Waals surface area (Å²) in [7, 11) is 0. The third-order valence-corrected chi connectivity index (χ3v) is 5.06. The molecule has 0 aliphatic carbocycles. The van der Waals surface area contributed by atoms with Gasteiger partial charge in [-0.05, 0) is 78.6 Å². The quantitative estimate of drug-likeness (QED) is 0.316. The van der Waals surface area contributed by atoms with Gasteiger partial charge in [-0.25, -0.2) is 9.59 Å². The van der Waals surface area contributed by atoms with E-state index in [1.807, 2.05) is 26.0 Å². The first-order valence-electron chi connectivity index (χ1n) is 9.18. The van der Waals surface area contributed by atoms with Gasteiger partial charge in [0.25, 0.3) is 0 Å². The highest BCUT2D eigenvalue weighted by atomic mass is 127. The zero-order valence-electron chi connectivity index (χ0n) is 16.3. The first-order valence-corrected chi connectivity index (χ1v) is 10.3. The highest BCUT2D eigenvalue weighted by Gasteiger charge is 2.26. The summed E-state index contributed by atoms with van der Waals surface area (Å²) in [5.74, 6) is -1.11. The Kier molecular flexibility index (Phi) is 8.50. The molecular weight excluding hydrogens is 485 g/mol. The second kappa shape index (κ2) is 10.8. The molecule has 0 aliphatic rings. The fourth-order valence-electron chi connectivity index (χ4n) is 2.83. The first-order chi connectivity index (χ1) is 13.8. The van der Waals surface area contributed by atoms with Gasteiger partial charge in [-0.3, -0.25) is 5.32 Å². The molecule has 6 nitrogen and oxygen atoms in total. The molecule has 0 saturated heterocycles. The second-order valence-corrected chi connectivity index (χ2v) is 8.06. The molecule has 29 heavy (non-hydrogen) atoms. The lowest BCUT2D eigenvalue weighted by molar-refractivity contribution is -0.131. The van der Waals surface area contributed by atoms with E-state index in [4.69, 9.17) is 9.84 Å². The van der Waals surface area contributed by atoms with Crippen LogP contribution in [0.1, 0.15) is 37.0 Å². The van der Waals surface area contributed by atoms with E-state index < -0.39 is 18.2 Å². The predicted molar refractivity (Wildman–Crippen MR) is 120 cm³/mol. The van der Waals surface area contributed by atoms with Crippen LogP contribution in [0.2, 0.25) is 0 Å². The van der Waals surface area contributed by atoms with Crippen molar-refractivity contribution in [3.05, 3.63) is 69.3 Å². The van der Waals surface area contributed by atoms with Crippen LogP contribution in [0.3, 0.4) is 0 Å². The van der Waals surface area contributed by atoms with E-state index in [2.05, 4.69) is 27.9 Å². The molecule has 0 saturated carbocycles. The summed E-state index contributed by atoms with van der Waals surface area (Å²) >= 11 is 2.13. The number of hydrogen-bond donors (Lipinski definition) is 3. The van der Waals surface area contributed by atoms with Crippen molar-refractivity contribution < 1.29 is 24.5 Å². The molecule has 2 rings (SSSR count). The number of hydrogen-bond acceptors (Lipinski definition) is 4. The number of aliphatic carboxylic acids is 1. The molecule has 3 N–H and O–H groups in total. The molecule has 1 amide bonds. The Morgan fingerprint density at radius 3 is 2.55 bits per heavy atom. The van der Waals surface area contributed by atoms with Crippen molar-refractivity contribution in [3.8, 4) is 5.75 Å². The number of carbonyl (C=O) groups excluding carboxylic acids is 1. The molecule has 0 fully saturated rings. The predicted octanol–water partition coefficient (Wildman–Crippen LogP) is 5.65. The van der Waals surface area contributed by atoms with Gasteiger partial charge in [0.2, 0.25) is 0 Å². The molecule has 0 aliphatic heterocycles. The molecule has 0 radical (unpaired) electrons. The largest absolute Gasteiger partial charge is 0.508 e. The molecule has 154 valence electrons. The zero-order valence-corrected chi connectivity index (χ0v) is 18.4. The van der Waals surface area contributed by atoms with Gasteiger partial charge < -0.3 is 14.9 Å². The van der Waals surface area contributed by atoms with Crippen LogP contribution in [-0.2, 0) is 9.53 Å². The fraction of sp³-hybridized carbons (Fsp3) is 0.273. The molecular formula is C22H24INO5. The SMILES string of the molecule is Cc1ccc(NC(=O)O[C@H](c2cc(I)ccc2O)[C@H](C)CC/C=C/C(=O)O)cc1. The van der Waals surface area contributed by atoms with E-state index in [1.54, 1.807) is 36.4 Å². The maximum Gasteiger partial charge on any atom is 0.412 e. The number of carboxylic acid groups (broad SMARTS) is 1. The Morgan fingerprint density at radius 1 is 1.21 bits per heavy atom. The third-order valence-electron chi connectivity index (χ3n) is 4.39. The summed E-state index contributed by atoms with van der Waals surface area (Å²) in [4.78, 5) is 23.1. The number of aryl methyl sites for hydroxylation is 1. The smallest absolute Gasteiger partial charge is 0.412 e. The van der Waals surface area contributed by atoms with Gasteiger partial charge in [0.05, 0.1) is 0 Å². The molecule has 0 aromatic heterocycles. The van der Waals surface area contributed by atoms with Gasteiger partial charge in [0.1, 0.15) is 11.9 Å². The number of carboxylic acids is 1. The van der Waals surface area contributed by atoms with Crippen LogP contribution in [0.4, 0.5) is 10.5 Å². The van der Waals surface area contributed by atoms with E-state index in [0.29, 0.717) is 24.1 Å². The minimum Gasteiger partial charge on any atom is -0.508 e. The molecule has 0 bridgehead atoms. The number of phenolic OH excluding ortho intramolecular Hbond substituents is 1. The lowest BCUT2D eigenvalue weighted by Crippen LogP contribution is -2.22. The molecule has 2 aromatic carbocycles. The minimum atomic E-state index is -1.00. The molecule has 7 heteroatoms. The van der Waals surface area contributed by atoms with Crippen LogP contribution in [0, 0.1) is 16.4 Å². The van der Waals surface area contributed by atoms with Gasteiger partial charge in [0, 0.05) is 20.9 Å². The maximum absolute atomic E-state index is 12.5. The van der Waals surface area contributed by atoms with Crippen LogP contribution in [0.15, 0.2) is 54.6 Å². The van der Waals surface area contributed by atoms with Crippen molar-refractivity contribution in [2.75, 3.05) is 5.32 Å². The van der Waals surface area contributed by atoms with Crippen molar-refractivity contribution in [2.24, 2.45) is 5.92 Å². The van der Waals surface area contributed by atoms with Crippen molar-refractivity contribution in [2.45, 2.75) is 32.8 Å². The Bertz CT molecular complexity index is 879. The van der Waals surface area contributed by atoms with E-state index in [1.165, 1.54) is 0 Å². The van der Waals surface area contributed by atoms with Crippen LogP contribution in [-0.4, -0.2) is 22.3 Å². The Balaban J connectivity index is 2.17. The lowest BCUT2D eigenvalue weighted by atomic mass is 9.92. The second-order valence-electron chi connectivity index (χ2n) is 6.82. The van der Waals surface area contributed by atoms with Crippen molar-refractivity contribution in [1.82, 2.24) is 0 Å². The summed E-state index contributed by atoms with van der Waals surface area (Å²) in [6, 6.07) is 12.5. The van der Waals surface area contributed by atoms with Crippen LogP contribution >= 0.6 is 22.6 Å². The van der Waals surface area contributed by atoms with Crippen LogP contribution in [0.5, 0.6) is 5.75 Å². The maximum atomic E-state index is 12.5. The highest BCUT2D eigenvalue weighted by molar-refractivity contribution is 14.1. The Morgan fingerprint density at radius 2 is 1.90 bits per heavy atom. The fourth-order valence-corrected chi connectivity index (χ4v) is 3.35. The van der Waals surface area contributed by atoms with Crippen molar-refractivity contribution in [1.29, 1.82) is 0 Å². The van der Waals surface area contributed by atoms with Gasteiger partial charge >= 0.3 is 12.1 Å². The van der Waals surface area contributed by atoms with Gasteiger partial charge in [-0.15, -0.1) is 0 Å². The van der Waals surface area contributed by atoms with Gasteiger partial charge in [-0.2, -0.15) is 0 Å². The standard InChI is InChI=1S/C22H24INO5/c1-14-7-10-17(11-8-14)24-22(28)29-21(15(2)5-3-4-6-20(26)27)18-13-16(23)9-12-19(18)25/h4,6-13,15,21,25H,3,5H2,1-2H3,(H,24,28)(H,26,27)/b6-4+/t15-,21+/m1/s1. The Hall–Kier alpha value is -2.55. The number of nitrogens with one attached hydrogen (secondary N) is 1. The van der Waals surface area contributed by atoms with E-state index in [9.17, 15) is 14.7 Å². The number of halogens is 1. The van der Waals surface area contributed by atoms with Gasteiger partial charge in [0.15, 0.2) is 0 Å². The molecule has 0 heterocycles. The molecule has 0 unspecified atom stereocenters. The number of amides is 1. The summed E-state index contributed by atoms with van der Waals surface area (Å²) in [5.41, 5.74) is 2.21. The highest BCUT2D eigenvalue weighted by Crippen LogP contribution is 2.36. The minimum absolute atomic E-state index is 0.0477. The number of anilines is 1. The molecule has 2 aromatic rings. The number of carbonyl (C=O) groups is 2. The number of phenols is 1. The number of ether oxygens (including phenoxy) is 1. The number of rotatable bonds is 8. The third kappa shape index (κ3) is 7.41. The topological polar surface area (TPSA) is 95.9 Å². The van der Waals surface area contributed by atoms with Crippen LogP contribution in [0.25, 0.3) is 0 Å². The van der Waals surface area contributed by atoms with E-state index in [-0.39, 0.29) is 11.7 Å². The molecule has 2 atom stereocenters. The first kappa shape index (κ1) is 22.7. The summed E-state index contributed by atoms with van der Waals surface area (Å²) in [6.07, 6.45) is 2.44. The van der Waals surface area contributed by atoms with Crippen molar-refractivity contribution in [3.63, 3.8) is 0 Å². The number of allylic oxidation sites excluding steroid dienone is 1. The Labute approximate surface area is 183 Å². The van der Waals surface area contributed by atoms with Gasteiger partial charge in [-0.1, -0.05) is 30.7 Å². The monoisotopic (exact) mass is 509 g/mol. The van der Waals surface area contributed by atoms with E-state index in [0.717, 1.165) is 15.2 Å².